The third kappa shape index (κ3) is 3.52. The molecule has 0 saturated heterocycles. The molecule has 0 bridgehead atoms. The zero-order valence-corrected chi connectivity index (χ0v) is 10.1. The van der Waals surface area contributed by atoms with E-state index in [1.807, 2.05) is 13.8 Å². The summed E-state index contributed by atoms with van der Waals surface area (Å²) >= 11 is 0. The predicted molar refractivity (Wildman–Crippen MR) is 62.7 cm³/mol. The zero-order valence-electron chi connectivity index (χ0n) is 10.1. The number of hydrogen-bond donors (Lipinski definition) is 2. The van der Waals surface area contributed by atoms with E-state index in [2.05, 4.69) is 10.3 Å². The predicted octanol–water partition coefficient (Wildman–Crippen LogP) is 2.02. The van der Waals surface area contributed by atoms with Crippen LogP contribution in [0.25, 0.3) is 0 Å². The summed E-state index contributed by atoms with van der Waals surface area (Å²) in [5.41, 5.74) is 5.29. The van der Waals surface area contributed by atoms with E-state index < -0.39 is 11.6 Å². The number of rotatable bonds is 5. The second-order valence-corrected chi connectivity index (χ2v) is 4.14. The van der Waals surface area contributed by atoms with Crippen LogP contribution in [0.15, 0.2) is 6.07 Å². The Bertz CT molecular complexity index is 385. The van der Waals surface area contributed by atoms with Gasteiger partial charge in [0.2, 0.25) is 0 Å². The number of hydrogen-bond acceptors (Lipinski definition) is 4. The van der Waals surface area contributed by atoms with Crippen molar-refractivity contribution in [1.29, 1.82) is 0 Å². The fourth-order valence-corrected chi connectivity index (χ4v) is 1.34. The van der Waals surface area contributed by atoms with E-state index in [1.54, 1.807) is 7.11 Å². The van der Waals surface area contributed by atoms with Gasteiger partial charge >= 0.3 is 0 Å². The van der Waals surface area contributed by atoms with Crippen LogP contribution in [0.1, 0.15) is 13.8 Å². The van der Waals surface area contributed by atoms with Crippen LogP contribution in [0.4, 0.5) is 20.4 Å². The molecule has 0 amide bonds. The van der Waals surface area contributed by atoms with Crippen LogP contribution < -0.4 is 11.1 Å². The summed E-state index contributed by atoms with van der Waals surface area (Å²) in [6.07, 6.45) is 0. The van der Waals surface area contributed by atoms with Gasteiger partial charge in [-0.05, 0) is 5.92 Å². The Kier molecular flexibility index (Phi) is 4.62. The van der Waals surface area contributed by atoms with Crippen molar-refractivity contribution in [2.75, 3.05) is 24.8 Å². The number of pyridine rings is 1. The number of aromatic nitrogens is 1. The summed E-state index contributed by atoms with van der Waals surface area (Å²) in [5, 5.41) is 2.86. The molecule has 17 heavy (non-hydrogen) atoms. The lowest BCUT2D eigenvalue weighted by molar-refractivity contribution is 0.171. The molecule has 0 fully saturated rings. The van der Waals surface area contributed by atoms with Crippen molar-refractivity contribution < 1.29 is 13.5 Å². The Morgan fingerprint density at radius 3 is 2.59 bits per heavy atom. The molecule has 0 radical (unpaired) electrons. The van der Waals surface area contributed by atoms with Gasteiger partial charge in [-0.1, -0.05) is 13.8 Å². The quantitative estimate of drug-likeness (QED) is 0.833. The van der Waals surface area contributed by atoms with Crippen molar-refractivity contribution >= 4 is 11.6 Å². The molecule has 0 saturated carbocycles. The van der Waals surface area contributed by atoms with Gasteiger partial charge in [0.25, 0.3) is 0 Å². The number of nitrogen functional groups attached to an aromatic ring is 1. The Balaban J connectivity index is 2.89. The number of anilines is 2. The average Bonchev–Trinajstić information content (AvgIpc) is 2.24. The highest BCUT2D eigenvalue weighted by molar-refractivity contribution is 5.45. The maximum absolute atomic E-state index is 13.4. The Morgan fingerprint density at radius 1 is 1.41 bits per heavy atom. The number of nitrogens with one attached hydrogen (secondary N) is 1. The lowest BCUT2D eigenvalue weighted by Crippen LogP contribution is -2.31. The number of methoxy groups -OCH3 is 1. The minimum Gasteiger partial charge on any atom is -0.383 e. The monoisotopic (exact) mass is 245 g/mol. The van der Waals surface area contributed by atoms with Gasteiger partial charge in [0, 0.05) is 13.2 Å². The number of nitrogens with zero attached hydrogens (tertiary/aromatic N) is 1. The lowest BCUT2D eigenvalue weighted by Gasteiger charge is -2.22. The Morgan fingerprint density at radius 2 is 2.06 bits per heavy atom. The lowest BCUT2D eigenvalue weighted by atomic mass is 10.1. The maximum Gasteiger partial charge on any atom is 0.168 e. The first-order valence-electron chi connectivity index (χ1n) is 5.32. The average molecular weight is 245 g/mol. The molecule has 1 rings (SSSR count). The molecule has 1 unspecified atom stereocenters. The first-order valence-corrected chi connectivity index (χ1v) is 5.32. The summed E-state index contributed by atoms with van der Waals surface area (Å²) in [6, 6.07) is 0.598. The van der Waals surface area contributed by atoms with Gasteiger partial charge in [0.15, 0.2) is 23.3 Å². The molecule has 1 atom stereocenters. The van der Waals surface area contributed by atoms with Crippen LogP contribution >= 0.6 is 0 Å². The van der Waals surface area contributed by atoms with Crippen molar-refractivity contribution in [3.05, 3.63) is 17.7 Å². The van der Waals surface area contributed by atoms with E-state index in [0.29, 0.717) is 6.61 Å². The molecule has 0 aliphatic carbocycles. The SMILES string of the molecule is COCC(Nc1nc(N)c(F)cc1F)C(C)C. The van der Waals surface area contributed by atoms with Crippen molar-refractivity contribution in [3.63, 3.8) is 0 Å². The molecule has 6 heteroatoms. The van der Waals surface area contributed by atoms with Gasteiger partial charge in [0.1, 0.15) is 0 Å². The fourth-order valence-electron chi connectivity index (χ4n) is 1.34. The standard InChI is InChI=1S/C11H17F2N3O/c1-6(2)9(5-17-3)15-11-8(13)4-7(12)10(14)16-11/h4,6,9H,5H2,1-3H3,(H3,14,15,16). The van der Waals surface area contributed by atoms with E-state index in [1.165, 1.54) is 0 Å². The highest BCUT2D eigenvalue weighted by Gasteiger charge is 2.17. The molecule has 1 heterocycles. The van der Waals surface area contributed by atoms with Gasteiger partial charge in [-0.15, -0.1) is 0 Å². The van der Waals surface area contributed by atoms with E-state index in [4.69, 9.17) is 10.5 Å². The molecule has 1 aromatic heterocycles. The van der Waals surface area contributed by atoms with Gasteiger partial charge in [-0.25, -0.2) is 13.8 Å². The zero-order chi connectivity index (χ0) is 13.0. The summed E-state index contributed by atoms with van der Waals surface area (Å²) in [6.45, 7) is 4.32. The van der Waals surface area contributed by atoms with E-state index in [-0.39, 0.29) is 23.6 Å². The second kappa shape index (κ2) is 5.77. The third-order valence-corrected chi connectivity index (χ3v) is 2.43. The summed E-state index contributed by atoms with van der Waals surface area (Å²) in [7, 11) is 1.56. The second-order valence-electron chi connectivity index (χ2n) is 4.14. The summed E-state index contributed by atoms with van der Waals surface area (Å²) in [4.78, 5) is 3.64. The van der Waals surface area contributed by atoms with Crippen LogP contribution in [0.2, 0.25) is 0 Å². The molecular weight excluding hydrogens is 228 g/mol. The molecule has 1 aromatic rings. The minimum atomic E-state index is -0.860. The highest BCUT2D eigenvalue weighted by atomic mass is 19.1. The number of nitrogens with two attached hydrogens (primary N) is 1. The molecule has 0 spiro atoms. The van der Waals surface area contributed by atoms with Gasteiger partial charge in [-0.2, -0.15) is 0 Å². The largest absolute Gasteiger partial charge is 0.383 e. The van der Waals surface area contributed by atoms with Crippen molar-refractivity contribution in [2.45, 2.75) is 19.9 Å². The molecule has 0 aliphatic rings. The van der Waals surface area contributed by atoms with Crippen molar-refractivity contribution in [2.24, 2.45) is 5.92 Å². The summed E-state index contributed by atoms with van der Waals surface area (Å²) in [5.74, 6) is -1.80. The maximum atomic E-state index is 13.4. The van der Waals surface area contributed by atoms with E-state index >= 15 is 0 Å². The van der Waals surface area contributed by atoms with Crippen LogP contribution in [-0.4, -0.2) is 24.7 Å². The molecule has 4 nitrogen and oxygen atoms in total. The van der Waals surface area contributed by atoms with Crippen LogP contribution in [-0.2, 0) is 4.74 Å². The highest BCUT2D eigenvalue weighted by Crippen LogP contribution is 2.19. The molecular formula is C11H17F2N3O. The smallest absolute Gasteiger partial charge is 0.168 e. The first kappa shape index (κ1) is 13.6. The number of ether oxygens (including phenoxy) is 1. The Labute approximate surface area is 99.2 Å². The third-order valence-electron chi connectivity index (χ3n) is 2.43. The van der Waals surface area contributed by atoms with Crippen LogP contribution in [0, 0.1) is 17.6 Å². The summed E-state index contributed by atoms with van der Waals surface area (Å²) < 4.78 is 31.4. The Hall–Kier alpha value is -1.43. The fraction of sp³-hybridized carbons (Fsp3) is 0.545. The van der Waals surface area contributed by atoms with Crippen LogP contribution in [0.5, 0.6) is 0 Å². The van der Waals surface area contributed by atoms with Gasteiger partial charge in [0.05, 0.1) is 12.6 Å². The molecule has 0 aromatic carbocycles. The van der Waals surface area contributed by atoms with Gasteiger partial charge < -0.3 is 15.8 Å². The number of halogens is 2. The van der Waals surface area contributed by atoms with Crippen LogP contribution in [0.3, 0.4) is 0 Å². The normalized spacial score (nSPS) is 12.8. The minimum absolute atomic E-state index is 0.0559. The van der Waals surface area contributed by atoms with E-state index in [0.717, 1.165) is 6.07 Å². The molecule has 96 valence electrons. The first-order chi connectivity index (χ1) is 7.95. The van der Waals surface area contributed by atoms with Gasteiger partial charge in [-0.3, -0.25) is 0 Å². The van der Waals surface area contributed by atoms with Crippen molar-refractivity contribution in [3.8, 4) is 0 Å². The topological polar surface area (TPSA) is 60.2 Å². The van der Waals surface area contributed by atoms with E-state index in [9.17, 15) is 8.78 Å². The van der Waals surface area contributed by atoms with Crippen molar-refractivity contribution in [1.82, 2.24) is 4.98 Å². The molecule has 0 aliphatic heterocycles. The molecule has 3 N–H and O–H groups in total.